The van der Waals surface area contributed by atoms with Gasteiger partial charge in [-0.15, -0.1) is 0 Å². The number of aliphatic carboxylic acids is 1. The van der Waals surface area contributed by atoms with Crippen molar-refractivity contribution in [1.29, 1.82) is 0 Å². The molecule has 86 valence electrons. The number of hydrogen-bond donors (Lipinski definition) is 1. The van der Waals surface area contributed by atoms with Gasteiger partial charge in [0.15, 0.2) is 0 Å². The molecule has 0 atom stereocenters. The zero-order valence-corrected chi connectivity index (χ0v) is 9.11. The lowest BCUT2D eigenvalue weighted by molar-refractivity contribution is -0.140. The minimum absolute atomic E-state index is 0.274. The molecule has 0 saturated heterocycles. The number of benzene rings is 2. The summed E-state index contributed by atoms with van der Waals surface area (Å²) < 4.78 is 13.0. The van der Waals surface area contributed by atoms with Gasteiger partial charge in [0.1, 0.15) is 5.82 Å². The molecule has 1 N–H and O–H groups in total. The molecule has 0 bridgehead atoms. The summed E-state index contributed by atoms with van der Waals surface area (Å²) in [5.74, 6) is -1.04. The molecule has 1 aliphatic carbocycles. The van der Waals surface area contributed by atoms with E-state index in [2.05, 4.69) is 0 Å². The van der Waals surface area contributed by atoms with Crippen molar-refractivity contribution in [2.75, 3.05) is 0 Å². The maximum Gasteiger partial charge on any atom is 0.314 e. The Morgan fingerprint density at radius 1 is 1.12 bits per heavy atom. The van der Waals surface area contributed by atoms with Crippen molar-refractivity contribution >= 4 is 16.7 Å². The zero-order valence-electron chi connectivity index (χ0n) is 9.11. The van der Waals surface area contributed by atoms with Gasteiger partial charge in [0.05, 0.1) is 5.41 Å². The Hall–Kier alpha value is -1.90. The zero-order chi connectivity index (χ0) is 12.0. The fourth-order valence-electron chi connectivity index (χ4n) is 2.27. The van der Waals surface area contributed by atoms with Gasteiger partial charge in [-0.05, 0) is 41.3 Å². The lowest BCUT2D eigenvalue weighted by Gasteiger charge is -2.11. The average molecular weight is 230 g/mol. The van der Waals surface area contributed by atoms with Crippen molar-refractivity contribution in [2.24, 2.45) is 0 Å². The number of halogens is 1. The van der Waals surface area contributed by atoms with E-state index in [0.29, 0.717) is 12.8 Å². The van der Waals surface area contributed by atoms with E-state index in [-0.39, 0.29) is 5.82 Å². The maximum absolute atomic E-state index is 13.0. The third-order valence-electron chi connectivity index (χ3n) is 3.51. The Kier molecular flexibility index (Phi) is 1.99. The van der Waals surface area contributed by atoms with Gasteiger partial charge in [-0.2, -0.15) is 0 Å². The Balaban J connectivity index is 2.15. The van der Waals surface area contributed by atoms with E-state index < -0.39 is 11.4 Å². The van der Waals surface area contributed by atoms with Crippen LogP contribution in [0.1, 0.15) is 18.4 Å². The fourth-order valence-corrected chi connectivity index (χ4v) is 2.27. The molecule has 2 nitrogen and oxygen atoms in total. The highest BCUT2D eigenvalue weighted by Gasteiger charge is 2.51. The molecule has 3 heteroatoms. The number of fused-ring (bicyclic) bond motifs is 1. The van der Waals surface area contributed by atoms with E-state index in [9.17, 15) is 14.3 Å². The van der Waals surface area contributed by atoms with Gasteiger partial charge >= 0.3 is 5.97 Å². The standard InChI is InChI=1S/C14H11FO2/c15-12-4-2-9-7-11(3-1-10(9)8-12)14(5-6-14)13(16)17/h1-4,7-8H,5-6H2,(H,16,17). The van der Waals surface area contributed by atoms with Crippen molar-refractivity contribution in [3.63, 3.8) is 0 Å². The number of carbonyl (C=O) groups is 1. The molecule has 0 amide bonds. The normalized spacial score (nSPS) is 17.0. The molecule has 17 heavy (non-hydrogen) atoms. The van der Waals surface area contributed by atoms with Gasteiger partial charge < -0.3 is 5.11 Å². The first-order valence-corrected chi connectivity index (χ1v) is 5.55. The number of carboxylic acids is 1. The monoisotopic (exact) mass is 230 g/mol. The molecular formula is C14H11FO2. The first kappa shape index (κ1) is 10.3. The SMILES string of the molecule is O=C(O)C1(c2ccc3cc(F)ccc3c2)CC1. The summed E-state index contributed by atoms with van der Waals surface area (Å²) in [6, 6.07) is 9.98. The van der Waals surface area contributed by atoms with Gasteiger partial charge in [-0.3, -0.25) is 4.79 Å². The highest BCUT2D eigenvalue weighted by Crippen LogP contribution is 2.48. The summed E-state index contributed by atoms with van der Waals surface area (Å²) in [6.07, 6.45) is 1.38. The van der Waals surface area contributed by atoms with Crippen LogP contribution in [-0.4, -0.2) is 11.1 Å². The van der Waals surface area contributed by atoms with Crippen molar-refractivity contribution in [2.45, 2.75) is 18.3 Å². The lowest BCUT2D eigenvalue weighted by atomic mass is 9.94. The second-order valence-corrected chi connectivity index (χ2v) is 4.59. The topological polar surface area (TPSA) is 37.3 Å². The molecule has 1 saturated carbocycles. The molecular weight excluding hydrogens is 219 g/mol. The van der Waals surface area contributed by atoms with Crippen molar-refractivity contribution in [3.05, 3.63) is 47.8 Å². The van der Waals surface area contributed by atoms with Gasteiger partial charge in [0.25, 0.3) is 0 Å². The fraction of sp³-hybridized carbons (Fsp3) is 0.214. The molecule has 0 spiro atoms. The van der Waals surface area contributed by atoms with Crippen LogP contribution < -0.4 is 0 Å². The third-order valence-corrected chi connectivity index (χ3v) is 3.51. The van der Waals surface area contributed by atoms with E-state index in [0.717, 1.165) is 16.3 Å². The summed E-state index contributed by atoms with van der Waals surface area (Å²) >= 11 is 0. The van der Waals surface area contributed by atoms with Crippen molar-refractivity contribution < 1.29 is 14.3 Å². The van der Waals surface area contributed by atoms with E-state index in [1.807, 2.05) is 6.07 Å². The van der Waals surface area contributed by atoms with Crippen molar-refractivity contribution in [3.8, 4) is 0 Å². The summed E-state index contributed by atoms with van der Waals surface area (Å²) in [7, 11) is 0. The molecule has 2 aromatic rings. The summed E-state index contributed by atoms with van der Waals surface area (Å²) in [4.78, 5) is 11.2. The Labute approximate surface area is 97.7 Å². The minimum Gasteiger partial charge on any atom is -0.481 e. The summed E-state index contributed by atoms with van der Waals surface area (Å²) in [6.45, 7) is 0. The van der Waals surface area contributed by atoms with Crippen molar-refractivity contribution in [1.82, 2.24) is 0 Å². The number of hydrogen-bond acceptors (Lipinski definition) is 1. The van der Waals surface area contributed by atoms with Crippen LogP contribution in [0.25, 0.3) is 10.8 Å². The predicted molar refractivity (Wildman–Crippen MR) is 62.5 cm³/mol. The molecule has 0 unspecified atom stereocenters. The summed E-state index contributed by atoms with van der Waals surface area (Å²) in [5.41, 5.74) is 0.131. The van der Waals surface area contributed by atoms with Crippen LogP contribution in [0.15, 0.2) is 36.4 Å². The van der Waals surface area contributed by atoms with Gasteiger partial charge in [0.2, 0.25) is 0 Å². The Morgan fingerprint density at radius 2 is 1.76 bits per heavy atom. The van der Waals surface area contributed by atoms with Gasteiger partial charge in [0, 0.05) is 0 Å². The second kappa shape index (κ2) is 3.29. The summed E-state index contributed by atoms with van der Waals surface area (Å²) in [5, 5.41) is 10.9. The van der Waals surface area contributed by atoms with E-state index >= 15 is 0 Å². The van der Waals surface area contributed by atoms with Crippen LogP contribution in [0, 0.1) is 5.82 Å². The Bertz CT molecular complexity index is 615. The molecule has 0 aliphatic heterocycles. The van der Waals surface area contributed by atoms with Crippen LogP contribution in [-0.2, 0) is 10.2 Å². The van der Waals surface area contributed by atoms with E-state index in [4.69, 9.17) is 0 Å². The van der Waals surface area contributed by atoms with E-state index in [1.54, 1.807) is 18.2 Å². The third kappa shape index (κ3) is 1.50. The lowest BCUT2D eigenvalue weighted by Crippen LogP contribution is -2.19. The maximum atomic E-state index is 13.0. The Morgan fingerprint density at radius 3 is 2.41 bits per heavy atom. The molecule has 1 aliphatic rings. The highest BCUT2D eigenvalue weighted by atomic mass is 19.1. The highest BCUT2D eigenvalue weighted by molar-refractivity contribution is 5.89. The first-order valence-electron chi connectivity index (χ1n) is 5.55. The molecule has 0 heterocycles. The molecule has 1 fully saturated rings. The first-order chi connectivity index (χ1) is 8.12. The molecule has 0 aromatic heterocycles. The van der Waals surface area contributed by atoms with Gasteiger partial charge in [-0.1, -0.05) is 24.3 Å². The predicted octanol–water partition coefficient (Wildman–Crippen LogP) is 3.10. The smallest absolute Gasteiger partial charge is 0.314 e. The van der Waals surface area contributed by atoms with Crippen LogP contribution in [0.2, 0.25) is 0 Å². The number of rotatable bonds is 2. The molecule has 3 rings (SSSR count). The largest absolute Gasteiger partial charge is 0.481 e. The molecule has 0 radical (unpaired) electrons. The van der Waals surface area contributed by atoms with Crippen LogP contribution in [0.3, 0.4) is 0 Å². The van der Waals surface area contributed by atoms with Crippen LogP contribution in [0.4, 0.5) is 4.39 Å². The van der Waals surface area contributed by atoms with Crippen LogP contribution >= 0.6 is 0 Å². The second-order valence-electron chi connectivity index (χ2n) is 4.59. The molecule has 2 aromatic carbocycles. The van der Waals surface area contributed by atoms with E-state index in [1.165, 1.54) is 12.1 Å². The quantitative estimate of drug-likeness (QED) is 0.860. The number of carboxylic acid groups (broad SMARTS) is 1. The average Bonchev–Trinajstić information content (AvgIpc) is 3.09. The van der Waals surface area contributed by atoms with Crippen LogP contribution in [0.5, 0.6) is 0 Å². The van der Waals surface area contributed by atoms with Gasteiger partial charge in [-0.25, -0.2) is 4.39 Å². The minimum atomic E-state index is -0.765.